The first kappa shape index (κ1) is 31.8. The standard InChI is InChI=1S/C37H38N4O6/c1-44-30-17-13-28(14-18-30)37(27-11-7-4-8-12-27,29-15-19-31(45-2)20-16-29)46-25-32-23-38-24-34(47-32)41-22-21-33(40-36(41)43)39-35(42)26-9-5-3-6-10-26/h3-22,32-34,38H,23-25H2,1-2H3,(H,39,42)(H,40,43)/t32-,33?,34+/m0/s1. The maximum Gasteiger partial charge on any atom is 0.325 e. The predicted octanol–water partition coefficient (Wildman–Crippen LogP) is 4.62. The molecule has 4 aromatic rings. The van der Waals surface area contributed by atoms with Gasteiger partial charge in [0.2, 0.25) is 0 Å². The molecule has 0 bridgehead atoms. The second-order valence-corrected chi connectivity index (χ2v) is 11.2. The Morgan fingerprint density at radius 2 is 1.40 bits per heavy atom. The lowest BCUT2D eigenvalue weighted by atomic mass is 9.80. The van der Waals surface area contributed by atoms with Crippen molar-refractivity contribution in [3.8, 4) is 11.5 Å². The van der Waals surface area contributed by atoms with E-state index in [1.165, 1.54) is 4.90 Å². The Balaban J connectivity index is 1.22. The summed E-state index contributed by atoms with van der Waals surface area (Å²) in [7, 11) is 3.28. The number of hydrogen-bond acceptors (Lipinski definition) is 7. The van der Waals surface area contributed by atoms with E-state index in [1.54, 1.807) is 50.8 Å². The number of rotatable bonds is 11. The van der Waals surface area contributed by atoms with Gasteiger partial charge in [0, 0.05) is 24.9 Å². The molecule has 6 rings (SSSR count). The van der Waals surface area contributed by atoms with Crippen LogP contribution in [-0.4, -0.2) is 69.3 Å². The van der Waals surface area contributed by atoms with Crippen LogP contribution in [0.4, 0.5) is 4.79 Å². The van der Waals surface area contributed by atoms with E-state index in [0.29, 0.717) is 18.7 Å². The van der Waals surface area contributed by atoms with Gasteiger partial charge in [0.1, 0.15) is 23.3 Å². The van der Waals surface area contributed by atoms with Crippen molar-refractivity contribution >= 4 is 11.9 Å². The van der Waals surface area contributed by atoms with Gasteiger partial charge >= 0.3 is 6.03 Å². The number of amides is 3. The van der Waals surface area contributed by atoms with Crippen LogP contribution in [0.5, 0.6) is 11.5 Å². The molecule has 3 atom stereocenters. The Hall–Kier alpha value is -5.16. The Kier molecular flexibility index (Phi) is 9.82. The molecule has 0 saturated carbocycles. The summed E-state index contributed by atoms with van der Waals surface area (Å²) < 4.78 is 24.4. The van der Waals surface area contributed by atoms with Crippen LogP contribution in [0.3, 0.4) is 0 Å². The minimum atomic E-state index is -0.997. The molecule has 10 heteroatoms. The number of nitrogens with one attached hydrogen (secondary N) is 3. The van der Waals surface area contributed by atoms with Crippen LogP contribution in [0.15, 0.2) is 121 Å². The van der Waals surface area contributed by atoms with Crippen LogP contribution in [0.25, 0.3) is 0 Å². The Labute approximate surface area is 274 Å². The molecule has 2 aliphatic rings. The number of ether oxygens (including phenoxy) is 4. The van der Waals surface area contributed by atoms with Gasteiger partial charge in [0.05, 0.1) is 26.9 Å². The first-order chi connectivity index (χ1) is 23.0. The van der Waals surface area contributed by atoms with Crippen molar-refractivity contribution in [2.45, 2.75) is 24.1 Å². The lowest BCUT2D eigenvalue weighted by Crippen LogP contribution is -2.60. The quantitative estimate of drug-likeness (QED) is 0.207. The fraction of sp³-hybridized carbons (Fsp3) is 0.243. The highest BCUT2D eigenvalue weighted by Gasteiger charge is 2.40. The SMILES string of the molecule is COc1ccc(C(OC[C@@H]2CNC[C@H](N3C=CC(NC(=O)c4ccccc4)NC3=O)O2)(c2ccccc2)c2ccc(OC)cc2)cc1. The number of methoxy groups -OCH3 is 2. The number of morpholine rings is 1. The highest BCUT2D eigenvalue weighted by molar-refractivity contribution is 5.94. The summed E-state index contributed by atoms with van der Waals surface area (Å²) >= 11 is 0. The van der Waals surface area contributed by atoms with Gasteiger partial charge in [0.25, 0.3) is 5.91 Å². The normalized spacial score (nSPS) is 19.5. The summed E-state index contributed by atoms with van der Waals surface area (Å²) in [6.45, 7) is 1.17. The molecule has 242 valence electrons. The van der Waals surface area contributed by atoms with Crippen molar-refractivity contribution in [1.29, 1.82) is 0 Å². The Bertz CT molecular complexity index is 1620. The molecule has 2 heterocycles. The predicted molar refractivity (Wildman–Crippen MR) is 177 cm³/mol. The van der Waals surface area contributed by atoms with E-state index in [9.17, 15) is 9.59 Å². The summed E-state index contributed by atoms with van der Waals surface area (Å²) in [6.07, 6.45) is 1.74. The zero-order valence-corrected chi connectivity index (χ0v) is 26.3. The van der Waals surface area contributed by atoms with Crippen molar-refractivity contribution < 1.29 is 28.5 Å². The molecule has 2 aliphatic heterocycles. The highest BCUT2D eigenvalue weighted by Crippen LogP contribution is 2.42. The van der Waals surface area contributed by atoms with Gasteiger partial charge in [0.15, 0.2) is 6.23 Å². The minimum absolute atomic E-state index is 0.214. The fourth-order valence-corrected chi connectivity index (χ4v) is 5.87. The Morgan fingerprint density at radius 1 is 0.830 bits per heavy atom. The third-order valence-corrected chi connectivity index (χ3v) is 8.29. The molecule has 47 heavy (non-hydrogen) atoms. The number of urea groups is 1. The molecule has 1 unspecified atom stereocenters. The van der Waals surface area contributed by atoms with Gasteiger partial charge in [-0.3, -0.25) is 9.69 Å². The van der Waals surface area contributed by atoms with E-state index in [4.69, 9.17) is 18.9 Å². The van der Waals surface area contributed by atoms with E-state index in [1.807, 2.05) is 84.9 Å². The average molecular weight is 635 g/mol. The number of nitrogens with zero attached hydrogens (tertiary/aromatic N) is 1. The summed E-state index contributed by atoms with van der Waals surface area (Å²) in [4.78, 5) is 27.2. The monoisotopic (exact) mass is 634 g/mol. The minimum Gasteiger partial charge on any atom is -0.497 e. The van der Waals surface area contributed by atoms with Gasteiger partial charge < -0.3 is 34.9 Å². The van der Waals surface area contributed by atoms with E-state index >= 15 is 0 Å². The van der Waals surface area contributed by atoms with Crippen LogP contribution < -0.4 is 25.4 Å². The summed E-state index contributed by atoms with van der Waals surface area (Å²) in [6, 6.07) is 34.3. The van der Waals surface area contributed by atoms with Gasteiger partial charge in [-0.15, -0.1) is 0 Å². The van der Waals surface area contributed by atoms with Crippen molar-refractivity contribution in [1.82, 2.24) is 20.9 Å². The molecule has 0 spiro atoms. The first-order valence-electron chi connectivity index (χ1n) is 15.5. The van der Waals surface area contributed by atoms with E-state index in [2.05, 4.69) is 16.0 Å². The fourth-order valence-electron chi connectivity index (χ4n) is 5.87. The van der Waals surface area contributed by atoms with E-state index in [-0.39, 0.29) is 24.6 Å². The van der Waals surface area contributed by atoms with E-state index in [0.717, 1.165) is 28.2 Å². The maximum atomic E-state index is 13.2. The van der Waals surface area contributed by atoms with Crippen molar-refractivity contribution in [3.63, 3.8) is 0 Å². The summed E-state index contributed by atoms with van der Waals surface area (Å²) in [5.74, 6) is 1.20. The zero-order chi connectivity index (χ0) is 32.6. The third-order valence-electron chi connectivity index (χ3n) is 8.29. The number of hydrogen-bond donors (Lipinski definition) is 3. The third kappa shape index (κ3) is 7.00. The molecular weight excluding hydrogens is 596 g/mol. The van der Waals surface area contributed by atoms with Crippen molar-refractivity contribution in [3.05, 3.63) is 144 Å². The molecule has 4 aromatic carbocycles. The summed E-state index contributed by atoms with van der Waals surface area (Å²) in [5, 5.41) is 9.04. The van der Waals surface area contributed by atoms with Crippen molar-refractivity contribution in [2.75, 3.05) is 33.9 Å². The second kappa shape index (κ2) is 14.5. The van der Waals surface area contributed by atoms with Crippen LogP contribution in [0, 0.1) is 0 Å². The number of carbonyl (C=O) groups is 2. The van der Waals surface area contributed by atoms with Gasteiger partial charge in [-0.2, -0.15) is 0 Å². The molecule has 1 fully saturated rings. The topological polar surface area (TPSA) is 110 Å². The molecule has 1 saturated heterocycles. The van der Waals surface area contributed by atoms with Crippen LogP contribution in [0.1, 0.15) is 27.0 Å². The largest absolute Gasteiger partial charge is 0.497 e. The molecular formula is C37H38N4O6. The van der Waals surface area contributed by atoms with Crippen LogP contribution >= 0.6 is 0 Å². The molecule has 0 aliphatic carbocycles. The Morgan fingerprint density at radius 3 is 1.98 bits per heavy atom. The van der Waals surface area contributed by atoms with Crippen molar-refractivity contribution in [2.24, 2.45) is 0 Å². The highest BCUT2D eigenvalue weighted by atomic mass is 16.6. The zero-order valence-electron chi connectivity index (χ0n) is 26.3. The lowest BCUT2D eigenvalue weighted by molar-refractivity contribution is -0.131. The lowest BCUT2D eigenvalue weighted by Gasteiger charge is -2.41. The van der Waals surface area contributed by atoms with Crippen LogP contribution in [-0.2, 0) is 15.1 Å². The summed E-state index contributed by atoms with van der Waals surface area (Å²) in [5.41, 5.74) is 2.28. The van der Waals surface area contributed by atoms with Gasteiger partial charge in [-0.05, 0) is 59.2 Å². The molecule has 3 N–H and O–H groups in total. The molecule has 10 nitrogen and oxygen atoms in total. The molecule has 0 radical (unpaired) electrons. The number of carbonyl (C=O) groups excluding carboxylic acids is 2. The second-order valence-electron chi connectivity index (χ2n) is 11.2. The van der Waals surface area contributed by atoms with Crippen LogP contribution in [0.2, 0.25) is 0 Å². The van der Waals surface area contributed by atoms with E-state index < -0.39 is 18.0 Å². The smallest absolute Gasteiger partial charge is 0.325 e. The number of benzene rings is 4. The first-order valence-corrected chi connectivity index (χ1v) is 15.5. The molecule has 0 aromatic heterocycles. The van der Waals surface area contributed by atoms with Gasteiger partial charge in [-0.1, -0.05) is 72.8 Å². The van der Waals surface area contributed by atoms with Gasteiger partial charge in [-0.25, -0.2) is 4.79 Å². The molecule has 3 amide bonds. The maximum absolute atomic E-state index is 13.2. The average Bonchev–Trinajstić information content (AvgIpc) is 3.13.